The number of ether oxygens (including phenoxy) is 1. The quantitative estimate of drug-likeness (QED) is 0.769. The van der Waals surface area contributed by atoms with Crippen molar-refractivity contribution in [3.8, 4) is 5.88 Å². The lowest BCUT2D eigenvalue weighted by molar-refractivity contribution is -0.154. The van der Waals surface area contributed by atoms with Gasteiger partial charge in [0.25, 0.3) is 5.91 Å². The molecule has 134 valence electrons. The monoisotopic (exact) mass is 375 g/mol. The number of amides is 1. The molecule has 0 spiro atoms. The summed E-state index contributed by atoms with van der Waals surface area (Å²) in [5.41, 5.74) is 0.0319. The number of carboxylic acid groups (broad SMARTS) is 1. The molecule has 7 nitrogen and oxygen atoms in total. The SMILES string of the molecule is O=C(NCCc1nc(C(=O)O)cs1)c1ccnc(OCC(F)(F)F)c1. The van der Waals surface area contributed by atoms with Crippen molar-refractivity contribution in [2.45, 2.75) is 12.6 Å². The number of thiazole rings is 1. The number of aromatic nitrogens is 2. The Labute approximate surface area is 143 Å². The van der Waals surface area contributed by atoms with Gasteiger partial charge >= 0.3 is 12.1 Å². The van der Waals surface area contributed by atoms with Gasteiger partial charge in [-0.05, 0) is 6.07 Å². The molecular weight excluding hydrogens is 363 g/mol. The van der Waals surface area contributed by atoms with Crippen molar-refractivity contribution in [2.24, 2.45) is 0 Å². The van der Waals surface area contributed by atoms with Crippen LogP contribution in [0.5, 0.6) is 5.88 Å². The first kappa shape index (κ1) is 18.6. The third-order valence-electron chi connectivity index (χ3n) is 2.78. The zero-order chi connectivity index (χ0) is 18.4. The van der Waals surface area contributed by atoms with E-state index in [1.807, 2.05) is 0 Å². The lowest BCUT2D eigenvalue weighted by Gasteiger charge is -2.09. The Kier molecular flexibility index (Phi) is 5.91. The topological polar surface area (TPSA) is 101 Å². The van der Waals surface area contributed by atoms with Crippen LogP contribution in [0.25, 0.3) is 0 Å². The minimum atomic E-state index is -4.50. The lowest BCUT2D eigenvalue weighted by Crippen LogP contribution is -2.26. The fraction of sp³-hybridized carbons (Fsp3) is 0.286. The summed E-state index contributed by atoms with van der Waals surface area (Å²) >= 11 is 1.16. The molecule has 0 saturated carbocycles. The number of carboxylic acids is 1. The molecule has 0 aliphatic rings. The van der Waals surface area contributed by atoms with Gasteiger partial charge in [0.05, 0.1) is 5.01 Å². The van der Waals surface area contributed by atoms with E-state index in [2.05, 4.69) is 20.0 Å². The van der Waals surface area contributed by atoms with E-state index >= 15 is 0 Å². The summed E-state index contributed by atoms with van der Waals surface area (Å²) in [5, 5.41) is 13.3. The number of nitrogens with zero attached hydrogens (tertiary/aromatic N) is 2. The number of carbonyl (C=O) groups excluding carboxylic acids is 1. The van der Waals surface area contributed by atoms with E-state index in [0.717, 1.165) is 17.4 Å². The van der Waals surface area contributed by atoms with Crippen LogP contribution < -0.4 is 10.1 Å². The van der Waals surface area contributed by atoms with Gasteiger partial charge in [0.15, 0.2) is 12.3 Å². The van der Waals surface area contributed by atoms with Crippen LogP contribution in [-0.4, -0.2) is 46.3 Å². The van der Waals surface area contributed by atoms with Crippen molar-refractivity contribution in [3.05, 3.63) is 40.0 Å². The highest BCUT2D eigenvalue weighted by Gasteiger charge is 2.28. The van der Waals surface area contributed by atoms with Crippen molar-refractivity contribution in [1.29, 1.82) is 0 Å². The summed E-state index contributed by atoms with van der Waals surface area (Å²) < 4.78 is 40.8. The van der Waals surface area contributed by atoms with Gasteiger partial charge < -0.3 is 15.2 Å². The Bertz CT molecular complexity index is 764. The van der Waals surface area contributed by atoms with Gasteiger partial charge in [-0.3, -0.25) is 4.79 Å². The second-order valence-electron chi connectivity index (χ2n) is 4.72. The third-order valence-corrected chi connectivity index (χ3v) is 3.68. The second kappa shape index (κ2) is 7.92. The molecule has 25 heavy (non-hydrogen) atoms. The van der Waals surface area contributed by atoms with Gasteiger partial charge in [-0.2, -0.15) is 13.2 Å². The number of aromatic carboxylic acids is 1. The normalized spacial score (nSPS) is 11.2. The van der Waals surface area contributed by atoms with Crippen molar-refractivity contribution >= 4 is 23.2 Å². The third kappa shape index (κ3) is 6.03. The number of pyridine rings is 1. The molecule has 0 radical (unpaired) electrons. The number of hydrogen-bond acceptors (Lipinski definition) is 6. The number of hydrogen-bond donors (Lipinski definition) is 2. The molecule has 0 aliphatic carbocycles. The Morgan fingerprint density at radius 1 is 1.36 bits per heavy atom. The van der Waals surface area contributed by atoms with E-state index in [0.29, 0.717) is 11.4 Å². The second-order valence-corrected chi connectivity index (χ2v) is 5.67. The van der Waals surface area contributed by atoms with Gasteiger partial charge in [0.1, 0.15) is 0 Å². The molecule has 2 rings (SSSR count). The number of halogens is 3. The molecule has 0 fully saturated rings. The van der Waals surface area contributed by atoms with Crippen LogP contribution in [0.15, 0.2) is 23.7 Å². The van der Waals surface area contributed by atoms with E-state index in [-0.39, 0.29) is 23.7 Å². The number of alkyl halides is 3. The van der Waals surface area contributed by atoms with E-state index in [9.17, 15) is 22.8 Å². The first-order chi connectivity index (χ1) is 11.7. The molecule has 2 N–H and O–H groups in total. The maximum absolute atomic E-state index is 12.1. The zero-order valence-corrected chi connectivity index (χ0v) is 13.4. The first-order valence-electron chi connectivity index (χ1n) is 6.86. The minimum absolute atomic E-state index is 0.0630. The number of nitrogens with one attached hydrogen (secondary N) is 1. The predicted molar refractivity (Wildman–Crippen MR) is 80.9 cm³/mol. The summed E-state index contributed by atoms with van der Waals surface area (Å²) in [6.45, 7) is -1.31. The average molecular weight is 375 g/mol. The fourth-order valence-electron chi connectivity index (χ4n) is 1.69. The molecule has 1 amide bonds. The number of carbonyl (C=O) groups is 2. The predicted octanol–water partition coefficient (Wildman–Crippen LogP) is 2.15. The molecule has 0 saturated heterocycles. The summed E-state index contributed by atoms with van der Waals surface area (Å²) in [4.78, 5) is 30.2. The van der Waals surface area contributed by atoms with Crippen molar-refractivity contribution in [2.75, 3.05) is 13.2 Å². The van der Waals surface area contributed by atoms with Gasteiger partial charge in [0, 0.05) is 36.2 Å². The maximum Gasteiger partial charge on any atom is 0.422 e. The van der Waals surface area contributed by atoms with E-state index in [1.165, 1.54) is 17.6 Å². The highest BCUT2D eigenvalue weighted by atomic mass is 32.1. The molecule has 0 unspecified atom stereocenters. The van der Waals surface area contributed by atoms with Gasteiger partial charge in [-0.15, -0.1) is 11.3 Å². The van der Waals surface area contributed by atoms with Crippen LogP contribution in [-0.2, 0) is 6.42 Å². The lowest BCUT2D eigenvalue weighted by atomic mass is 10.2. The Morgan fingerprint density at radius 2 is 2.12 bits per heavy atom. The summed E-state index contributed by atoms with van der Waals surface area (Å²) in [7, 11) is 0. The summed E-state index contributed by atoms with van der Waals surface area (Å²) in [5.74, 6) is -1.96. The largest absolute Gasteiger partial charge is 0.476 e. The van der Waals surface area contributed by atoms with Crippen LogP contribution >= 0.6 is 11.3 Å². The van der Waals surface area contributed by atoms with Crippen molar-refractivity contribution in [1.82, 2.24) is 15.3 Å². The van der Waals surface area contributed by atoms with Crippen LogP contribution in [0.3, 0.4) is 0 Å². The fourth-order valence-corrected chi connectivity index (χ4v) is 2.47. The molecule has 0 aromatic carbocycles. The van der Waals surface area contributed by atoms with Crippen LogP contribution in [0.1, 0.15) is 25.9 Å². The van der Waals surface area contributed by atoms with Gasteiger partial charge in [0.2, 0.25) is 5.88 Å². The smallest absolute Gasteiger partial charge is 0.422 e. The highest BCUT2D eigenvalue weighted by molar-refractivity contribution is 7.09. The Hall–Kier alpha value is -2.69. The summed E-state index contributed by atoms with van der Waals surface area (Å²) in [6.07, 6.45) is -3.00. The van der Waals surface area contributed by atoms with Gasteiger partial charge in [-0.25, -0.2) is 14.8 Å². The Balaban J connectivity index is 1.86. The molecular formula is C14H12F3N3O4S. The van der Waals surface area contributed by atoms with E-state index in [4.69, 9.17) is 5.11 Å². The number of rotatable bonds is 7. The Morgan fingerprint density at radius 3 is 2.76 bits per heavy atom. The van der Waals surface area contributed by atoms with Crippen molar-refractivity contribution < 1.29 is 32.6 Å². The standard InChI is InChI=1S/C14H12F3N3O4S/c15-14(16,17)7-24-10-5-8(1-3-18-10)12(21)19-4-2-11-20-9(6-25-11)13(22)23/h1,3,5-6H,2,4,7H2,(H,19,21)(H,22,23). The highest BCUT2D eigenvalue weighted by Crippen LogP contribution is 2.17. The van der Waals surface area contributed by atoms with E-state index in [1.54, 1.807) is 0 Å². The molecule has 0 aliphatic heterocycles. The molecule has 11 heteroatoms. The van der Waals surface area contributed by atoms with E-state index < -0.39 is 24.7 Å². The first-order valence-corrected chi connectivity index (χ1v) is 7.74. The minimum Gasteiger partial charge on any atom is -0.476 e. The van der Waals surface area contributed by atoms with Crippen LogP contribution in [0.4, 0.5) is 13.2 Å². The van der Waals surface area contributed by atoms with Crippen LogP contribution in [0.2, 0.25) is 0 Å². The molecule has 0 atom stereocenters. The zero-order valence-electron chi connectivity index (χ0n) is 12.5. The van der Waals surface area contributed by atoms with Crippen LogP contribution in [0, 0.1) is 0 Å². The molecule has 2 aromatic heterocycles. The van der Waals surface area contributed by atoms with Crippen molar-refractivity contribution in [3.63, 3.8) is 0 Å². The molecule has 2 aromatic rings. The summed E-state index contributed by atoms with van der Waals surface area (Å²) in [6, 6.07) is 2.44. The maximum atomic E-state index is 12.1. The molecule has 0 bridgehead atoms. The average Bonchev–Trinajstić information content (AvgIpc) is 3.02. The van der Waals surface area contributed by atoms with Gasteiger partial charge in [-0.1, -0.05) is 0 Å². The molecule has 2 heterocycles.